The van der Waals surface area contributed by atoms with Crippen molar-refractivity contribution in [3.63, 3.8) is 0 Å². The van der Waals surface area contributed by atoms with Crippen molar-refractivity contribution in [2.75, 3.05) is 5.32 Å². The van der Waals surface area contributed by atoms with Gasteiger partial charge in [0.05, 0.1) is 11.6 Å². The summed E-state index contributed by atoms with van der Waals surface area (Å²) in [7, 11) is 0. The Balaban J connectivity index is 2.10. The van der Waals surface area contributed by atoms with Crippen LogP contribution >= 0.6 is 0 Å². The Morgan fingerprint density at radius 3 is 2.50 bits per heavy atom. The van der Waals surface area contributed by atoms with Gasteiger partial charge in [-0.2, -0.15) is 5.26 Å². The van der Waals surface area contributed by atoms with E-state index >= 15 is 0 Å². The standard InChI is InChI=1S/C16H16N2/c1-12-5-3-4-6-15(12)11-18-16-8-7-14(10-17)13(2)9-16/h3-9,18H,11H2,1-2H3. The molecule has 2 heteroatoms. The Morgan fingerprint density at radius 2 is 1.83 bits per heavy atom. The molecule has 0 aliphatic heterocycles. The van der Waals surface area contributed by atoms with Crippen LogP contribution in [0.1, 0.15) is 22.3 Å². The van der Waals surface area contributed by atoms with Crippen molar-refractivity contribution in [1.82, 2.24) is 0 Å². The van der Waals surface area contributed by atoms with Gasteiger partial charge in [-0.3, -0.25) is 0 Å². The fourth-order valence-corrected chi connectivity index (χ4v) is 1.90. The number of rotatable bonds is 3. The molecule has 0 bridgehead atoms. The summed E-state index contributed by atoms with van der Waals surface area (Å²) in [5.74, 6) is 0. The lowest BCUT2D eigenvalue weighted by Gasteiger charge is -2.10. The van der Waals surface area contributed by atoms with Crippen LogP contribution in [0.5, 0.6) is 0 Å². The minimum atomic E-state index is 0.733. The minimum absolute atomic E-state index is 0.733. The van der Waals surface area contributed by atoms with E-state index in [1.165, 1.54) is 11.1 Å². The summed E-state index contributed by atoms with van der Waals surface area (Å²) in [4.78, 5) is 0. The van der Waals surface area contributed by atoms with Crippen LogP contribution in [0.15, 0.2) is 42.5 Å². The van der Waals surface area contributed by atoms with Crippen LogP contribution in [0.4, 0.5) is 5.69 Å². The van der Waals surface area contributed by atoms with E-state index in [0.29, 0.717) is 0 Å². The molecule has 0 atom stereocenters. The third-order valence-corrected chi connectivity index (χ3v) is 3.09. The highest BCUT2D eigenvalue weighted by Gasteiger charge is 2.00. The fraction of sp³-hybridized carbons (Fsp3) is 0.188. The summed E-state index contributed by atoms with van der Waals surface area (Å²) >= 11 is 0. The van der Waals surface area contributed by atoms with Gasteiger partial charge >= 0.3 is 0 Å². The van der Waals surface area contributed by atoms with E-state index in [9.17, 15) is 0 Å². The molecule has 18 heavy (non-hydrogen) atoms. The second-order valence-electron chi connectivity index (χ2n) is 4.42. The summed E-state index contributed by atoms with van der Waals surface area (Å²) in [6, 6.07) is 16.3. The molecule has 90 valence electrons. The van der Waals surface area contributed by atoms with Crippen molar-refractivity contribution >= 4 is 5.69 Å². The number of hydrogen-bond acceptors (Lipinski definition) is 2. The molecule has 0 aliphatic rings. The van der Waals surface area contributed by atoms with Crippen molar-refractivity contribution in [1.29, 1.82) is 5.26 Å². The molecule has 2 aromatic rings. The minimum Gasteiger partial charge on any atom is -0.381 e. The first kappa shape index (κ1) is 12.2. The molecule has 2 rings (SSSR count). The Labute approximate surface area is 108 Å². The van der Waals surface area contributed by atoms with Gasteiger partial charge in [-0.25, -0.2) is 0 Å². The van der Waals surface area contributed by atoms with Gasteiger partial charge in [0.25, 0.3) is 0 Å². The lowest BCUT2D eigenvalue weighted by atomic mass is 10.1. The smallest absolute Gasteiger partial charge is 0.0994 e. The zero-order valence-electron chi connectivity index (χ0n) is 10.7. The van der Waals surface area contributed by atoms with Crippen LogP contribution in [0.3, 0.4) is 0 Å². The van der Waals surface area contributed by atoms with Crippen molar-refractivity contribution < 1.29 is 0 Å². The van der Waals surface area contributed by atoms with Crippen molar-refractivity contribution in [2.45, 2.75) is 20.4 Å². The van der Waals surface area contributed by atoms with E-state index in [4.69, 9.17) is 5.26 Å². The fourth-order valence-electron chi connectivity index (χ4n) is 1.90. The van der Waals surface area contributed by atoms with Crippen molar-refractivity contribution in [3.8, 4) is 6.07 Å². The third-order valence-electron chi connectivity index (χ3n) is 3.09. The second-order valence-corrected chi connectivity index (χ2v) is 4.42. The molecule has 2 aromatic carbocycles. The first-order chi connectivity index (χ1) is 8.70. The summed E-state index contributed by atoms with van der Waals surface area (Å²) in [5.41, 5.74) is 5.37. The maximum Gasteiger partial charge on any atom is 0.0994 e. The SMILES string of the molecule is Cc1cc(NCc2ccccc2C)ccc1C#N. The number of benzene rings is 2. The van der Waals surface area contributed by atoms with Gasteiger partial charge in [0.1, 0.15) is 0 Å². The molecule has 0 spiro atoms. The number of nitrogens with zero attached hydrogens (tertiary/aromatic N) is 1. The zero-order chi connectivity index (χ0) is 13.0. The second kappa shape index (κ2) is 5.37. The Kier molecular flexibility index (Phi) is 3.64. The predicted molar refractivity (Wildman–Crippen MR) is 74.4 cm³/mol. The van der Waals surface area contributed by atoms with Crippen LogP contribution in [-0.2, 0) is 6.54 Å². The normalized spacial score (nSPS) is 9.83. The molecule has 0 saturated carbocycles. The van der Waals surface area contributed by atoms with Crippen molar-refractivity contribution in [3.05, 3.63) is 64.7 Å². The highest BCUT2D eigenvalue weighted by Crippen LogP contribution is 2.16. The van der Waals surface area contributed by atoms with Crippen LogP contribution in [0, 0.1) is 25.2 Å². The maximum atomic E-state index is 8.88. The van der Waals surface area contributed by atoms with Crippen LogP contribution in [0.2, 0.25) is 0 Å². The molecule has 0 unspecified atom stereocenters. The highest BCUT2D eigenvalue weighted by molar-refractivity contribution is 5.52. The Hall–Kier alpha value is -2.27. The molecular formula is C16H16N2. The average molecular weight is 236 g/mol. The van der Waals surface area contributed by atoms with Gasteiger partial charge in [-0.05, 0) is 48.7 Å². The highest BCUT2D eigenvalue weighted by atomic mass is 14.9. The van der Waals surface area contributed by atoms with Gasteiger partial charge in [0.2, 0.25) is 0 Å². The molecule has 2 nitrogen and oxygen atoms in total. The third kappa shape index (κ3) is 2.70. The van der Waals surface area contributed by atoms with Crippen LogP contribution in [-0.4, -0.2) is 0 Å². The monoisotopic (exact) mass is 236 g/mol. The number of nitrogens with one attached hydrogen (secondary N) is 1. The van der Waals surface area contributed by atoms with E-state index < -0.39 is 0 Å². The van der Waals surface area contributed by atoms with Gasteiger partial charge in [-0.15, -0.1) is 0 Å². The van der Waals surface area contributed by atoms with Gasteiger partial charge in [0, 0.05) is 12.2 Å². The molecule has 0 heterocycles. The molecule has 0 radical (unpaired) electrons. The summed E-state index contributed by atoms with van der Waals surface area (Å²) in [5, 5.41) is 12.3. The van der Waals surface area contributed by atoms with E-state index in [-0.39, 0.29) is 0 Å². The summed E-state index contributed by atoms with van der Waals surface area (Å²) in [6.07, 6.45) is 0. The first-order valence-electron chi connectivity index (χ1n) is 6.00. The zero-order valence-corrected chi connectivity index (χ0v) is 10.7. The summed E-state index contributed by atoms with van der Waals surface area (Å²) in [6.45, 7) is 4.87. The molecule has 0 saturated heterocycles. The van der Waals surface area contributed by atoms with Gasteiger partial charge < -0.3 is 5.32 Å². The predicted octanol–water partition coefficient (Wildman–Crippen LogP) is 3.79. The van der Waals surface area contributed by atoms with E-state index in [1.54, 1.807) is 0 Å². The van der Waals surface area contributed by atoms with Crippen LogP contribution in [0.25, 0.3) is 0 Å². The topological polar surface area (TPSA) is 35.8 Å². The quantitative estimate of drug-likeness (QED) is 0.880. The lowest BCUT2D eigenvalue weighted by Crippen LogP contribution is -2.01. The number of aryl methyl sites for hydroxylation is 2. The van der Waals surface area contributed by atoms with E-state index in [0.717, 1.165) is 23.4 Å². The largest absolute Gasteiger partial charge is 0.381 e. The molecule has 0 aliphatic carbocycles. The summed E-state index contributed by atoms with van der Waals surface area (Å²) < 4.78 is 0. The maximum absolute atomic E-state index is 8.88. The van der Waals surface area contributed by atoms with Crippen LogP contribution < -0.4 is 5.32 Å². The molecule has 0 fully saturated rings. The van der Waals surface area contributed by atoms with Gasteiger partial charge in [-0.1, -0.05) is 24.3 Å². The first-order valence-corrected chi connectivity index (χ1v) is 6.00. The number of anilines is 1. The van der Waals surface area contributed by atoms with E-state index in [1.807, 2.05) is 37.3 Å². The molecule has 0 aromatic heterocycles. The number of hydrogen-bond donors (Lipinski definition) is 1. The molecule has 0 amide bonds. The Bertz CT molecular complexity index is 594. The van der Waals surface area contributed by atoms with Gasteiger partial charge in [0.15, 0.2) is 0 Å². The average Bonchev–Trinajstić information content (AvgIpc) is 2.38. The molecular weight excluding hydrogens is 220 g/mol. The van der Waals surface area contributed by atoms with Crippen molar-refractivity contribution in [2.24, 2.45) is 0 Å². The lowest BCUT2D eigenvalue weighted by molar-refractivity contribution is 1.12. The number of nitriles is 1. The molecule has 1 N–H and O–H groups in total. The Morgan fingerprint density at radius 1 is 1.06 bits per heavy atom. The van der Waals surface area contributed by atoms with E-state index in [2.05, 4.69) is 30.4 Å².